The van der Waals surface area contributed by atoms with Crippen molar-refractivity contribution in [3.8, 4) is 28.7 Å². The molecule has 0 aliphatic rings. The van der Waals surface area contributed by atoms with E-state index in [0.29, 0.717) is 23.7 Å². The average Bonchev–Trinajstić information content (AvgIpc) is 3.17. The molecule has 0 aliphatic heterocycles. The van der Waals surface area contributed by atoms with Gasteiger partial charge in [0.1, 0.15) is 17.2 Å². The molecule has 3 aromatic rings. The second-order valence-corrected chi connectivity index (χ2v) is 5.82. The van der Waals surface area contributed by atoms with Crippen molar-refractivity contribution < 1.29 is 23.4 Å². The van der Waals surface area contributed by atoms with Crippen LogP contribution in [0.3, 0.4) is 0 Å². The summed E-state index contributed by atoms with van der Waals surface area (Å²) in [5, 5.41) is 10.4. The number of ether oxygens (including phenoxy) is 3. The maximum absolute atomic E-state index is 12.2. The highest BCUT2D eigenvalue weighted by Gasteiger charge is 2.14. The van der Waals surface area contributed by atoms with Crippen LogP contribution in [0, 0.1) is 0 Å². The van der Waals surface area contributed by atoms with Crippen LogP contribution in [0.5, 0.6) is 17.2 Å². The van der Waals surface area contributed by atoms with Gasteiger partial charge < -0.3 is 18.6 Å². The molecule has 3 rings (SSSR count). The number of carbonyl (C=O) groups is 1. The third-order valence-corrected chi connectivity index (χ3v) is 3.87. The van der Waals surface area contributed by atoms with Crippen molar-refractivity contribution in [3.63, 3.8) is 0 Å². The van der Waals surface area contributed by atoms with E-state index in [1.54, 1.807) is 32.4 Å². The van der Waals surface area contributed by atoms with Crippen LogP contribution >= 0.6 is 0 Å². The summed E-state index contributed by atoms with van der Waals surface area (Å²) in [4.78, 5) is 12.2. The molecule has 0 unspecified atom stereocenters. The summed E-state index contributed by atoms with van der Waals surface area (Å²) >= 11 is 0. The van der Waals surface area contributed by atoms with Gasteiger partial charge in [-0.3, -0.25) is 10.1 Å². The molecule has 8 heteroatoms. The van der Waals surface area contributed by atoms with Gasteiger partial charge >= 0.3 is 6.01 Å². The zero-order valence-electron chi connectivity index (χ0n) is 15.9. The maximum atomic E-state index is 12.2. The molecule has 0 radical (unpaired) electrons. The third-order valence-electron chi connectivity index (χ3n) is 3.87. The highest BCUT2D eigenvalue weighted by Crippen LogP contribution is 2.29. The molecule has 0 fully saturated rings. The number of carbonyl (C=O) groups excluding carboxylic acids is 1. The third kappa shape index (κ3) is 4.79. The van der Waals surface area contributed by atoms with Crippen LogP contribution in [0.2, 0.25) is 0 Å². The Morgan fingerprint density at radius 3 is 2.29 bits per heavy atom. The lowest BCUT2D eigenvalue weighted by atomic mass is 10.1. The van der Waals surface area contributed by atoms with Crippen molar-refractivity contribution in [2.45, 2.75) is 13.3 Å². The van der Waals surface area contributed by atoms with Crippen LogP contribution in [0.25, 0.3) is 11.5 Å². The van der Waals surface area contributed by atoms with Crippen molar-refractivity contribution in [3.05, 3.63) is 48.0 Å². The first-order chi connectivity index (χ1) is 13.6. The Morgan fingerprint density at radius 1 is 1.00 bits per heavy atom. The first-order valence-corrected chi connectivity index (χ1v) is 8.69. The lowest BCUT2D eigenvalue weighted by Crippen LogP contribution is -2.14. The predicted molar refractivity (Wildman–Crippen MR) is 103 cm³/mol. The van der Waals surface area contributed by atoms with Gasteiger partial charge in [-0.15, -0.1) is 5.10 Å². The van der Waals surface area contributed by atoms with Gasteiger partial charge in [-0.05, 0) is 36.8 Å². The van der Waals surface area contributed by atoms with Crippen molar-refractivity contribution >= 4 is 11.9 Å². The van der Waals surface area contributed by atoms with E-state index >= 15 is 0 Å². The predicted octanol–water partition coefficient (Wildman–Crippen LogP) is 3.33. The summed E-state index contributed by atoms with van der Waals surface area (Å²) < 4.78 is 21.4. The van der Waals surface area contributed by atoms with E-state index in [-0.39, 0.29) is 24.2 Å². The van der Waals surface area contributed by atoms with E-state index in [2.05, 4.69) is 15.5 Å². The van der Waals surface area contributed by atoms with Crippen LogP contribution in [0.15, 0.2) is 46.9 Å². The molecular formula is C20H21N3O5. The van der Waals surface area contributed by atoms with Gasteiger partial charge in [-0.1, -0.05) is 17.2 Å². The molecule has 0 saturated carbocycles. The van der Waals surface area contributed by atoms with Gasteiger partial charge in [-0.2, -0.15) is 0 Å². The Labute approximate surface area is 162 Å². The molecule has 1 heterocycles. The number of anilines is 1. The summed E-state index contributed by atoms with van der Waals surface area (Å²) in [5.41, 5.74) is 1.47. The van der Waals surface area contributed by atoms with Crippen molar-refractivity contribution in [1.82, 2.24) is 10.2 Å². The van der Waals surface area contributed by atoms with Crippen molar-refractivity contribution in [2.75, 3.05) is 26.1 Å². The Balaban J connectivity index is 1.66. The Morgan fingerprint density at radius 2 is 1.68 bits per heavy atom. The SMILES string of the molecule is CCOc1ccc(CC(=O)Nc2nnc(-c3cc(OC)cc(OC)c3)o2)cc1. The molecule has 2 aromatic carbocycles. The van der Waals surface area contributed by atoms with Gasteiger partial charge in [0.05, 0.1) is 27.2 Å². The first-order valence-electron chi connectivity index (χ1n) is 8.69. The molecule has 28 heavy (non-hydrogen) atoms. The number of hydrogen-bond acceptors (Lipinski definition) is 7. The molecule has 1 amide bonds. The number of nitrogens with zero attached hydrogens (tertiary/aromatic N) is 2. The summed E-state index contributed by atoms with van der Waals surface area (Å²) in [6.45, 7) is 2.51. The second-order valence-electron chi connectivity index (χ2n) is 5.82. The Hall–Kier alpha value is -3.55. The molecule has 0 bridgehead atoms. The van der Waals surface area contributed by atoms with Gasteiger partial charge in [0, 0.05) is 11.6 Å². The zero-order chi connectivity index (χ0) is 19.9. The summed E-state index contributed by atoms with van der Waals surface area (Å²) in [7, 11) is 3.11. The molecule has 0 saturated heterocycles. The lowest BCUT2D eigenvalue weighted by molar-refractivity contribution is -0.115. The number of methoxy groups -OCH3 is 2. The average molecular weight is 383 g/mol. The van der Waals surface area contributed by atoms with Gasteiger partial charge in [0.15, 0.2) is 0 Å². The van der Waals surface area contributed by atoms with Crippen LogP contribution in [-0.4, -0.2) is 36.9 Å². The zero-order valence-corrected chi connectivity index (χ0v) is 15.9. The van der Waals surface area contributed by atoms with E-state index in [1.165, 1.54) is 0 Å². The molecule has 0 spiro atoms. The number of aromatic nitrogens is 2. The molecule has 0 atom stereocenters. The molecular weight excluding hydrogens is 362 g/mol. The monoisotopic (exact) mass is 383 g/mol. The number of benzene rings is 2. The van der Waals surface area contributed by atoms with Gasteiger partial charge in [0.2, 0.25) is 11.8 Å². The molecule has 8 nitrogen and oxygen atoms in total. The number of amides is 1. The number of rotatable bonds is 8. The minimum Gasteiger partial charge on any atom is -0.497 e. The van der Waals surface area contributed by atoms with E-state index in [0.717, 1.165) is 11.3 Å². The summed E-state index contributed by atoms with van der Waals surface area (Å²) in [5.74, 6) is 1.93. The minimum absolute atomic E-state index is 0.0210. The van der Waals surface area contributed by atoms with E-state index in [1.807, 2.05) is 31.2 Å². The second kappa shape index (κ2) is 8.90. The highest BCUT2D eigenvalue weighted by molar-refractivity contribution is 5.90. The first kappa shape index (κ1) is 19.2. The standard InChI is InChI=1S/C20H21N3O5/c1-4-27-15-7-5-13(6-8-15)9-18(24)21-20-23-22-19(28-20)14-10-16(25-2)12-17(11-14)26-3/h5-8,10-12H,4,9H2,1-3H3,(H,21,23,24). The Kier molecular flexibility index (Phi) is 6.11. The van der Waals surface area contributed by atoms with E-state index in [4.69, 9.17) is 18.6 Å². The van der Waals surface area contributed by atoms with E-state index < -0.39 is 0 Å². The normalized spacial score (nSPS) is 10.4. The molecule has 1 N–H and O–H groups in total. The number of nitrogens with one attached hydrogen (secondary N) is 1. The lowest BCUT2D eigenvalue weighted by Gasteiger charge is -2.06. The van der Waals surface area contributed by atoms with Crippen molar-refractivity contribution in [2.24, 2.45) is 0 Å². The fourth-order valence-corrected chi connectivity index (χ4v) is 2.54. The fourth-order valence-electron chi connectivity index (χ4n) is 2.54. The topological polar surface area (TPSA) is 95.7 Å². The fraction of sp³-hybridized carbons (Fsp3) is 0.250. The largest absolute Gasteiger partial charge is 0.497 e. The molecule has 0 aliphatic carbocycles. The minimum atomic E-state index is -0.261. The highest BCUT2D eigenvalue weighted by atomic mass is 16.5. The van der Waals surface area contributed by atoms with E-state index in [9.17, 15) is 4.79 Å². The summed E-state index contributed by atoms with van der Waals surface area (Å²) in [6.07, 6.45) is 0.178. The quantitative estimate of drug-likeness (QED) is 0.637. The van der Waals surface area contributed by atoms with Gasteiger partial charge in [0.25, 0.3) is 0 Å². The van der Waals surface area contributed by atoms with Crippen LogP contribution in [0.4, 0.5) is 6.01 Å². The molecule has 1 aromatic heterocycles. The van der Waals surface area contributed by atoms with Crippen LogP contribution in [0.1, 0.15) is 12.5 Å². The smallest absolute Gasteiger partial charge is 0.322 e. The maximum Gasteiger partial charge on any atom is 0.322 e. The van der Waals surface area contributed by atoms with Crippen LogP contribution < -0.4 is 19.5 Å². The Bertz CT molecular complexity index is 915. The molecule has 146 valence electrons. The van der Waals surface area contributed by atoms with Crippen LogP contribution in [-0.2, 0) is 11.2 Å². The number of hydrogen-bond donors (Lipinski definition) is 1. The van der Waals surface area contributed by atoms with Crippen molar-refractivity contribution in [1.29, 1.82) is 0 Å². The van der Waals surface area contributed by atoms with Gasteiger partial charge in [-0.25, -0.2) is 0 Å². The summed E-state index contributed by atoms with van der Waals surface area (Å²) in [6, 6.07) is 12.6.